The van der Waals surface area contributed by atoms with E-state index in [1.54, 1.807) is 6.07 Å². The van der Waals surface area contributed by atoms with Crippen LogP contribution in [-0.2, 0) is 19.6 Å². The van der Waals surface area contributed by atoms with Crippen LogP contribution in [0.3, 0.4) is 0 Å². The highest BCUT2D eigenvalue weighted by atomic mass is 32.1. The van der Waals surface area contributed by atoms with Crippen molar-refractivity contribution in [3.63, 3.8) is 0 Å². The molecule has 2 aromatic rings. The zero-order chi connectivity index (χ0) is 18.8. The Labute approximate surface area is 154 Å². The third kappa shape index (κ3) is 1.85. The number of pyridine rings is 1. The maximum Gasteiger partial charge on any atom is 0.417 e. The van der Waals surface area contributed by atoms with Crippen molar-refractivity contribution in [1.82, 2.24) is 4.57 Å². The van der Waals surface area contributed by atoms with Gasteiger partial charge < -0.3 is 9.47 Å². The fourth-order valence-corrected chi connectivity index (χ4v) is 5.61. The number of aromatic nitrogens is 1. The molecule has 1 aliphatic heterocycles. The zero-order valence-electron chi connectivity index (χ0n) is 14.7. The van der Waals surface area contributed by atoms with Crippen LogP contribution in [0, 0.1) is 11.8 Å². The van der Waals surface area contributed by atoms with Crippen LogP contribution in [0.4, 0.5) is 18.9 Å². The number of anilines is 1. The lowest BCUT2D eigenvalue weighted by molar-refractivity contribution is -0.136. The van der Waals surface area contributed by atoms with Gasteiger partial charge in [-0.25, -0.2) is 0 Å². The van der Waals surface area contributed by atoms with E-state index in [2.05, 4.69) is 31.4 Å². The average molecular weight is 380 g/mol. The fraction of sp³-hybridized carbons (Fsp3) is 0.526. The molecule has 0 bridgehead atoms. The van der Waals surface area contributed by atoms with E-state index < -0.39 is 17.3 Å². The summed E-state index contributed by atoms with van der Waals surface area (Å²) in [6.45, 7) is 4.36. The molecule has 2 saturated carbocycles. The van der Waals surface area contributed by atoms with Crippen LogP contribution < -0.4 is 10.5 Å². The van der Waals surface area contributed by atoms with E-state index in [1.165, 1.54) is 18.0 Å². The minimum atomic E-state index is -4.59. The van der Waals surface area contributed by atoms with Gasteiger partial charge in [-0.1, -0.05) is 0 Å². The van der Waals surface area contributed by atoms with Crippen molar-refractivity contribution < 1.29 is 13.2 Å². The van der Waals surface area contributed by atoms with Crippen LogP contribution in [0.2, 0.25) is 0 Å². The topological polar surface area (TPSA) is 25.2 Å². The van der Waals surface area contributed by atoms with Gasteiger partial charge in [-0.2, -0.15) is 13.2 Å². The highest BCUT2D eigenvalue weighted by Gasteiger charge is 2.77. The maximum absolute atomic E-state index is 13.6. The van der Waals surface area contributed by atoms with Gasteiger partial charge in [-0.15, -0.1) is 12.6 Å². The number of rotatable bonds is 1. The van der Waals surface area contributed by atoms with Crippen molar-refractivity contribution in [3.8, 4) is 0 Å². The monoisotopic (exact) mass is 380 g/mol. The maximum atomic E-state index is 13.6. The van der Waals surface area contributed by atoms with Gasteiger partial charge in [0.2, 0.25) is 0 Å². The van der Waals surface area contributed by atoms with Crippen LogP contribution in [-0.4, -0.2) is 16.1 Å². The normalized spacial score (nSPS) is 32.0. The molecule has 5 rings (SSSR count). The zero-order valence-corrected chi connectivity index (χ0v) is 15.6. The highest BCUT2D eigenvalue weighted by Crippen LogP contribution is 2.75. The smallest absolute Gasteiger partial charge is 0.362 e. The molecule has 1 aromatic heterocycles. The number of hydrogen-bond donors (Lipinski definition) is 1. The van der Waals surface area contributed by atoms with Crippen LogP contribution in [0.5, 0.6) is 0 Å². The SMILES string of the molecule is CC1Cc2c(cc3c(c(C(F)(F)F)cc(=O)n3C)c2S)N1C1(C)C2CC21. The number of hydrogen-bond acceptors (Lipinski definition) is 3. The minimum Gasteiger partial charge on any atom is -0.362 e. The van der Waals surface area contributed by atoms with E-state index in [9.17, 15) is 18.0 Å². The van der Waals surface area contributed by atoms with Crippen molar-refractivity contribution in [2.45, 2.75) is 49.3 Å². The van der Waals surface area contributed by atoms with Crippen molar-refractivity contribution in [2.75, 3.05) is 4.90 Å². The van der Waals surface area contributed by atoms with Crippen LogP contribution in [0.15, 0.2) is 21.8 Å². The summed E-state index contributed by atoms with van der Waals surface area (Å²) in [6.07, 6.45) is -2.67. The third-order valence-electron chi connectivity index (χ3n) is 6.80. The summed E-state index contributed by atoms with van der Waals surface area (Å²) in [5, 5.41) is 0.0295. The van der Waals surface area contributed by atoms with E-state index in [-0.39, 0.29) is 17.0 Å². The molecular formula is C19H19F3N2OS. The summed E-state index contributed by atoms with van der Waals surface area (Å²) in [7, 11) is 1.52. The predicted molar refractivity (Wildman–Crippen MR) is 97.1 cm³/mol. The van der Waals surface area contributed by atoms with Crippen molar-refractivity contribution in [1.29, 1.82) is 0 Å². The summed E-state index contributed by atoms with van der Waals surface area (Å²) in [6, 6.07) is 2.67. The van der Waals surface area contributed by atoms with E-state index in [0.29, 0.717) is 34.7 Å². The molecule has 2 fully saturated rings. The van der Waals surface area contributed by atoms with E-state index in [1.807, 2.05) is 0 Å². The molecule has 138 valence electrons. The Kier molecular flexibility index (Phi) is 2.93. The van der Waals surface area contributed by atoms with Gasteiger partial charge in [-0.3, -0.25) is 4.79 Å². The van der Waals surface area contributed by atoms with Gasteiger partial charge in [0.15, 0.2) is 0 Å². The molecule has 3 nitrogen and oxygen atoms in total. The summed E-state index contributed by atoms with van der Waals surface area (Å²) >= 11 is 4.53. The number of alkyl halides is 3. The molecule has 7 heteroatoms. The standard InChI is InChI=1S/C19H19F3N2OS/c1-8-4-9-13(24(8)18(2)10-5-11(10)18)7-14-16(17(9)26)12(19(20,21)22)6-15(25)23(14)3/h6-8,10-11,26H,4-5H2,1-3H3. The fourth-order valence-electron chi connectivity index (χ4n) is 5.17. The first kappa shape index (κ1) is 16.5. The van der Waals surface area contributed by atoms with Gasteiger partial charge >= 0.3 is 6.18 Å². The minimum absolute atomic E-state index is 0.0295. The summed E-state index contributed by atoms with van der Waals surface area (Å²) in [4.78, 5) is 14.9. The highest BCUT2D eigenvalue weighted by molar-refractivity contribution is 7.80. The van der Waals surface area contributed by atoms with E-state index >= 15 is 0 Å². The number of benzene rings is 1. The lowest BCUT2D eigenvalue weighted by Gasteiger charge is -2.36. The lowest BCUT2D eigenvalue weighted by Crippen LogP contribution is -2.44. The van der Waals surface area contributed by atoms with Crippen molar-refractivity contribution >= 4 is 29.2 Å². The second-order valence-electron chi connectivity index (χ2n) is 8.17. The first-order chi connectivity index (χ1) is 12.1. The average Bonchev–Trinajstić information content (AvgIpc) is 3.42. The van der Waals surface area contributed by atoms with Gasteiger partial charge in [-0.05, 0) is 50.2 Å². The van der Waals surface area contributed by atoms with Gasteiger partial charge in [0.1, 0.15) is 0 Å². The molecule has 26 heavy (non-hydrogen) atoms. The lowest BCUT2D eigenvalue weighted by atomic mass is 10.0. The molecule has 0 radical (unpaired) electrons. The first-order valence-corrected chi connectivity index (χ1v) is 9.26. The molecule has 3 unspecified atom stereocenters. The van der Waals surface area contributed by atoms with E-state index in [0.717, 1.165) is 11.3 Å². The number of fused-ring (bicyclic) bond motifs is 3. The molecule has 3 atom stereocenters. The van der Waals surface area contributed by atoms with Crippen molar-refractivity contribution in [3.05, 3.63) is 33.6 Å². The summed E-state index contributed by atoms with van der Waals surface area (Å²) in [5.41, 5.74) is 0.666. The number of nitrogens with zero attached hydrogens (tertiary/aromatic N) is 2. The quantitative estimate of drug-likeness (QED) is 0.757. The second kappa shape index (κ2) is 4.61. The molecule has 2 heterocycles. The molecule has 0 saturated heterocycles. The summed E-state index contributed by atoms with van der Waals surface area (Å²) < 4.78 is 42.0. The Bertz CT molecular complexity index is 1030. The number of thiol groups is 1. The second-order valence-corrected chi connectivity index (χ2v) is 8.61. The number of halogens is 3. The molecule has 1 aromatic carbocycles. The van der Waals surface area contributed by atoms with Crippen LogP contribution in [0.25, 0.3) is 10.9 Å². The largest absolute Gasteiger partial charge is 0.417 e. The molecule has 0 amide bonds. The Morgan fingerprint density at radius 1 is 1.27 bits per heavy atom. The Morgan fingerprint density at radius 3 is 2.46 bits per heavy atom. The number of aryl methyl sites for hydroxylation is 1. The van der Waals surface area contributed by atoms with Crippen LogP contribution in [0.1, 0.15) is 31.4 Å². The van der Waals surface area contributed by atoms with Gasteiger partial charge in [0, 0.05) is 40.7 Å². The van der Waals surface area contributed by atoms with E-state index in [4.69, 9.17) is 0 Å². The van der Waals surface area contributed by atoms with Gasteiger partial charge in [0.05, 0.1) is 11.1 Å². The molecule has 0 N–H and O–H groups in total. The molecular weight excluding hydrogens is 361 g/mol. The Morgan fingerprint density at radius 2 is 1.92 bits per heavy atom. The molecule has 2 aliphatic carbocycles. The first-order valence-electron chi connectivity index (χ1n) is 8.82. The predicted octanol–water partition coefficient (Wildman–Crippen LogP) is 4.01. The van der Waals surface area contributed by atoms with Crippen LogP contribution >= 0.6 is 12.6 Å². The molecule has 3 aliphatic rings. The Hall–Kier alpha value is -1.63. The molecule has 0 spiro atoms. The third-order valence-corrected chi connectivity index (χ3v) is 7.29. The van der Waals surface area contributed by atoms with Crippen molar-refractivity contribution in [2.24, 2.45) is 18.9 Å². The summed E-state index contributed by atoms with van der Waals surface area (Å²) in [5.74, 6) is 1.39. The van der Waals surface area contributed by atoms with Gasteiger partial charge in [0.25, 0.3) is 5.56 Å². The Balaban J connectivity index is 1.83.